The summed E-state index contributed by atoms with van der Waals surface area (Å²) in [6.45, 7) is 0.865. The van der Waals surface area contributed by atoms with Crippen molar-refractivity contribution in [2.75, 3.05) is 40.9 Å². The fourth-order valence-electron chi connectivity index (χ4n) is 2.48. The third-order valence-electron chi connectivity index (χ3n) is 3.96. The minimum absolute atomic E-state index is 0.0497. The van der Waals surface area contributed by atoms with Crippen molar-refractivity contribution in [2.24, 2.45) is 0 Å². The van der Waals surface area contributed by atoms with Crippen molar-refractivity contribution in [3.63, 3.8) is 0 Å². The molecular weight excluding hydrogens is 386 g/mol. The van der Waals surface area contributed by atoms with E-state index in [-0.39, 0.29) is 30.0 Å². The number of nitrogens with one attached hydrogen (secondary N) is 2. The molecule has 1 amide bonds. The van der Waals surface area contributed by atoms with Gasteiger partial charge in [0.05, 0.1) is 17.5 Å². The van der Waals surface area contributed by atoms with Crippen molar-refractivity contribution in [1.82, 2.24) is 14.9 Å². The number of benzene rings is 1. The minimum Gasteiger partial charge on any atom is -0.383 e. The SMILES string of the molecule is COCCNS(=O)(=O)c1cccc(C(=O)NCC(c2cccs2)N(C)C)c1. The Morgan fingerprint density at radius 3 is 2.67 bits per heavy atom. The van der Waals surface area contributed by atoms with Gasteiger partial charge >= 0.3 is 0 Å². The number of thiophene rings is 1. The molecule has 0 bridgehead atoms. The summed E-state index contributed by atoms with van der Waals surface area (Å²) in [6.07, 6.45) is 0. The first-order valence-electron chi connectivity index (χ1n) is 8.42. The number of carbonyl (C=O) groups excluding carboxylic acids is 1. The molecule has 1 aromatic heterocycles. The molecule has 2 aromatic rings. The van der Waals surface area contributed by atoms with Crippen LogP contribution in [0.4, 0.5) is 0 Å². The first-order chi connectivity index (χ1) is 12.8. The quantitative estimate of drug-likeness (QED) is 0.581. The fourth-order valence-corrected chi connectivity index (χ4v) is 4.46. The van der Waals surface area contributed by atoms with Crippen molar-refractivity contribution < 1.29 is 17.9 Å². The van der Waals surface area contributed by atoms with E-state index in [0.29, 0.717) is 12.1 Å². The number of amides is 1. The molecule has 0 aliphatic rings. The molecule has 0 radical (unpaired) electrons. The van der Waals surface area contributed by atoms with Gasteiger partial charge in [0.2, 0.25) is 10.0 Å². The van der Waals surface area contributed by atoms with Crippen LogP contribution in [0, 0.1) is 0 Å². The van der Waals surface area contributed by atoms with Crippen LogP contribution in [-0.2, 0) is 14.8 Å². The number of hydrogen-bond acceptors (Lipinski definition) is 6. The summed E-state index contributed by atoms with van der Waals surface area (Å²) < 4.78 is 31.9. The summed E-state index contributed by atoms with van der Waals surface area (Å²) in [4.78, 5) is 15.8. The largest absolute Gasteiger partial charge is 0.383 e. The molecule has 2 N–H and O–H groups in total. The van der Waals surface area contributed by atoms with Gasteiger partial charge in [-0.3, -0.25) is 4.79 Å². The monoisotopic (exact) mass is 411 g/mol. The molecule has 7 nitrogen and oxygen atoms in total. The van der Waals surface area contributed by atoms with Gasteiger partial charge in [0.15, 0.2) is 0 Å². The number of likely N-dealkylation sites (N-methyl/N-ethyl adjacent to an activating group) is 1. The van der Waals surface area contributed by atoms with Crippen molar-refractivity contribution >= 4 is 27.3 Å². The summed E-state index contributed by atoms with van der Waals surface area (Å²) >= 11 is 1.63. The Balaban J connectivity index is 2.06. The smallest absolute Gasteiger partial charge is 0.251 e. The van der Waals surface area contributed by atoms with Crippen LogP contribution in [0.25, 0.3) is 0 Å². The lowest BCUT2D eigenvalue weighted by Crippen LogP contribution is -2.34. The molecular formula is C18H25N3O4S2. The highest BCUT2D eigenvalue weighted by molar-refractivity contribution is 7.89. The molecule has 1 heterocycles. The van der Waals surface area contributed by atoms with Gasteiger partial charge in [-0.05, 0) is 43.7 Å². The second kappa shape index (κ2) is 9.95. The van der Waals surface area contributed by atoms with E-state index >= 15 is 0 Å². The number of rotatable bonds is 10. The van der Waals surface area contributed by atoms with E-state index in [0.717, 1.165) is 4.88 Å². The zero-order valence-corrected chi connectivity index (χ0v) is 17.3. The molecule has 148 valence electrons. The van der Waals surface area contributed by atoms with Crippen LogP contribution in [0.3, 0.4) is 0 Å². The first kappa shape index (κ1) is 21.5. The highest BCUT2D eigenvalue weighted by Crippen LogP contribution is 2.22. The van der Waals surface area contributed by atoms with E-state index in [4.69, 9.17) is 4.74 Å². The molecule has 0 aliphatic carbocycles. The predicted octanol–water partition coefficient (Wildman–Crippen LogP) is 1.71. The minimum atomic E-state index is -3.69. The lowest BCUT2D eigenvalue weighted by atomic mass is 10.2. The average Bonchev–Trinajstić information content (AvgIpc) is 3.16. The molecule has 0 aliphatic heterocycles. The molecule has 0 saturated heterocycles. The third kappa shape index (κ3) is 6.12. The van der Waals surface area contributed by atoms with Gasteiger partial charge in [-0.15, -0.1) is 11.3 Å². The first-order valence-corrected chi connectivity index (χ1v) is 10.8. The number of hydrogen-bond donors (Lipinski definition) is 2. The highest BCUT2D eigenvalue weighted by atomic mass is 32.2. The summed E-state index contributed by atoms with van der Waals surface area (Å²) in [5, 5.41) is 4.89. The van der Waals surface area contributed by atoms with E-state index < -0.39 is 10.0 Å². The lowest BCUT2D eigenvalue weighted by Gasteiger charge is -2.23. The van der Waals surface area contributed by atoms with Gasteiger partial charge in [0, 0.05) is 30.6 Å². The van der Waals surface area contributed by atoms with Gasteiger partial charge in [-0.25, -0.2) is 13.1 Å². The van der Waals surface area contributed by atoms with Crippen LogP contribution in [0.2, 0.25) is 0 Å². The Labute approximate surface area is 164 Å². The molecule has 0 fully saturated rings. The normalized spacial score (nSPS) is 12.9. The summed E-state index contributed by atoms with van der Waals surface area (Å²) in [6, 6.07) is 10.0. The molecule has 9 heteroatoms. The van der Waals surface area contributed by atoms with Crippen molar-refractivity contribution in [2.45, 2.75) is 10.9 Å². The molecule has 1 aromatic carbocycles. The van der Waals surface area contributed by atoms with Crippen molar-refractivity contribution in [3.05, 3.63) is 52.2 Å². The van der Waals surface area contributed by atoms with Crippen LogP contribution in [0.5, 0.6) is 0 Å². The third-order valence-corrected chi connectivity index (χ3v) is 6.39. The zero-order valence-electron chi connectivity index (χ0n) is 15.6. The maximum absolute atomic E-state index is 12.5. The summed E-state index contributed by atoms with van der Waals surface area (Å²) in [5.41, 5.74) is 0.299. The number of methoxy groups -OCH3 is 1. The Hall–Kier alpha value is -1.78. The zero-order chi connectivity index (χ0) is 19.9. The Bertz CT molecular complexity index is 836. The lowest BCUT2D eigenvalue weighted by molar-refractivity contribution is 0.0942. The van der Waals surface area contributed by atoms with E-state index in [1.807, 2.05) is 36.5 Å². The van der Waals surface area contributed by atoms with Crippen molar-refractivity contribution in [3.8, 4) is 0 Å². The second-order valence-corrected chi connectivity index (χ2v) is 8.87. The van der Waals surface area contributed by atoms with Gasteiger partial charge in [0.1, 0.15) is 0 Å². The van der Waals surface area contributed by atoms with Crippen LogP contribution in [-0.4, -0.2) is 60.1 Å². The van der Waals surface area contributed by atoms with Gasteiger partial charge in [0.25, 0.3) is 5.91 Å². The van der Waals surface area contributed by atoms with E-state index in [1.54, 1.807) is 23.5 Å². The van der Waals surface area contributed by atoms with Gasteiger partial charge < -0.3 is 15.0 Å². The Kier molecular flexibility index (Phi) is 7.93. The highest BCUT2D eigenvalue weighted by Gasteiger charge is 2.19. The van der Waals surface area contributed by atoms with Gasteiger partial charge in [-0.2, -0.15) is 0 Å². The van der Waals surface area contributed by atoms with E-state index in [9.17, 15) is 13.2 Å². The second-order valence-electron chi connectivity index (χ2n) is 6.12. The van der Waals surface area contributed by atoms with Gasteiger partial charge in [-0.1, -0.05) is 12.1 Å². The molecule has 0 spiro atoms. The molecule has 27 heavy (non-hydrogen) atoms. The number of carbonyl (C=O) groups is 1. The fraction of sp³-hybridized carbons (Fsp3) is 0.389. The average molecular weight is 412 g/mol. The Morgan fingerprint density at radius 2 is 2.04 bits per heavy atom. The Morgan fingerprint density at radius 1 is 1.26 bits per heavy atom. The number of nitrogens with zero attached hydrogens (tertiary/aromatic N) is 1. The maximum Gasteiger partial charge on any atom is 0.251 e. The van der Waals surface area contributed by atoms with Crippen LogP contribution in [0.1, 0.15) is 21.3 Å². The summed E-state index contributed by atoms with van der Waals surface area (Å²) in [5.74, 6) is -0.313. The predicted molar refractivity (Wildman–Crippen MR) is 107 cm³/mol. The summed E-state index contributed by atoms with van der Waals surface area (Å²) in [7, 11) is 1.72. The van der Waals surface area contributed by atoms with Crippen LogP contribution >= 0.6 is 11.3 Å². The van der Waals surface area contributed by atoms with E-state index in [1.165, 1.54) is 19.2 Å². The van der Waals surface area contributed by atoms with Crippen LogP contribution in [0.15, 0.2) is 46.7 Å². The number of ether oxygens (including phenoxy) is 1. The van der Waals surface area contributed by atoms with Crippen molar-refractivity contribution in [1.29, 1.82) is 0 Å². The molecule has 2 rings (SSSR count). The molecule has 1 unspecified atom stereocenters. The van der Waals surface area contributed by atoms with E-state index in [2.05, 4.69) is 10.0 Å². The topological polar surface area (TPSA) is 87.7 Å². The molecule has 0 saturated carbocycles. The number of sulfonamides is 1. The maximum atomic E-state index is 12.5. The molecule has 1 atom stereocenters. The standard InChI is InChI=1S/C18H25N3O4S2/c1-21(2)16(17-8-5-11-26-17)13-19-18(22)14-6-4-7-15(12-14)27(23,24)20-9-10-25-3/h4-8,11-12,16,20H,9-10,13H2,1-3H3,(H,19,22). The van der Waals surface area contributed by atoms with Crippen LogP contribution < -0.4 is 10.0 Å².